The summed E-state index contributed by atoms with van der Waals surface area (Å²) in [4.78, 5) is 4.60. The van der Waals surface area contributed by atoms with Gasteiger partial charge in [0.15, 0.2) is 11.8 Å². The Morgan fingerprint density at radius 3 is 2.69 bits per heavy atom. The van der Waals surface area contributed by atoms with Crippen LogP contribution in [0.2, 0.25) is 0 Å². The standard InChI is InChI=1S/C19H27FN6/c1-14-24-25-18(26(14)2)13-22-19(23-16-9-4-3-5-10-16)21-12-15-8-6-7-11-17(15)20/h6-8,11,16H,3-5,9-10,12-13H2,1-2H3,(H2,21,22,23). The van der Waals surface area contributed by atoms with Crippen molar-refractivity contribution in [3.05, 3.63) is 47.3 Å². The first-order chi connectivity index (χ1) is 12.6. The number of nitrogens with one attached hydrogen (secondary N) is 2. The van der Waals surface area contributed by atoms with Crippen LogP contribution in [0.5, 0.6) is 0 Å². The molecule has 0 amide bonds. The first kappa shape index (κ1) is 18.4. The van der Waals surface area contributed by atoms with Crippen LogP contribution in [-0.4, -0.2) is 26.8 Å². The molecule has 6 nitrogen and oxygen atoms in total. The van der Waals surface area contributed by atoms with E-state index in [4.69, 9.17) is 0 Å². The lowest BCUT2D eigenvalue weighted by Crippen LogP contribution is -2.44. The Hall–Kier alpha value is -2.44. The molecule has 0 bridgehead atoms. The predicted molar refractivity (Wildman–Crippen MR) is 100 cm³/mol. The molecule has 1 saturated carbocycles. The Balaban J connectivity index is 1.68. The second-order valence-corrected chi connectivity index (χ2v) is 6.81. The van der Waals surface area contributed by atoms with E-state index in [0.29, 0.717) is 30.7 Å². The van der Waals surface area contributed by atoms with Crippen LogP contribution in [0.25, 0.3) is 0 Å². The van der Waals surface area contributed by atoms with Crippen LogP contribution in [0.3, 0.4) is 0 Å². The largest absolute Gasteiger partial charge is 0.354 e. The maximum absolute atomic E-state index is 13.9. The van der Waals surface area contributed by atoms with E-state index >= 15 is 0 Å². The molecule has 2 aromatic rings. The van der Waals surface area contributed by atoms with Crippen LogP contribution in [0, 0.1) is 12.7 Å². The molecule has 1 aliphatic rings. The highest BCUT2D eigenvalue weighted by atomic mass is 19.1. The van der Waals surface area contributed by atoms with Gasteiger partial charge in [0.1, 0.15) is 11.6 Å². The van der Waals surface area contributed by atoms with Gasteiger partial charge in [0, 0.05) is 18.7 Å². The number of hydrogen-bond acceptors (Lipinski definition) is 3. The molecular weight excluding hydrogens is 331 g/mol. The molecule has 0 unspecified atom stereocenters. The Labute approximate surface area is 153 Å². The topological polar surface area (TPSA) is 67.1 Å². The Morgan fingerprint density at radius 2 is 2.00 bits per heavy atom. The van der Waals surface area contributed by atoms with E-state index in [1.807, 2.05) is 24.6 Å². The molecular formula is C19H27FN6. The van der Waals surface area contributed by atoms with Gasteiger partial charge in [-0.3, -0.25) is 0 Å². The first-order valence-corrected chi connectivity index (χ1v) is 9.26. The number of rotatable bonds is 5. The van der Waals surface area contributed by atoms with E-state index in [2.05, 4.69) is 25.8 Å². The summed E-state index contributed by atoms with van der Waals surface area (Å²) in [6.07, 6.45) is 6.06. The Bertz CT molecular complexity index is 748. The minimum Gasteiger partial charge on any atom is -0.354 e. The Kier molecular flexibility index (Phi) is 6.20. The summed E-state index contributed by atoms with van der Waals surface area (Å²) in [5.41, 5.74) is 0.590. The SMILES string of the molecule is Cc1nnc(CNC(=NCc2ccccc2F)NC2CCCCC2)n1C. The van der Waals surface area contributed by atoms with Gasteiger partial charge in [-0.2, -0.15) is 0 Å². The highest BCUT2D eigenvalue weighted by Gasteiger charge is 2.15. The van der Waals surface area contributed by atoms with Crippen molar-refractivity contribution in [2.75, 3.05) is 0 Å². The zero-order valence-electron chi connectivity index (χ0n) is 15.5. The van der Waals surface area contributed by atoms with Crippen LogP contribution < -0.4 is 10.6 Å². The second-order valence-electron chi connectivity index (χ2n) is 6.81. The van der Waals surface area contributed by atoms with E-state index in [0.717, 1.165) is 24.5 Å². The molecule has 26 heavy (non-hydrogen) atoms. The molecule has 7 heteroatoms. The van der Waals surface area contributed by atoms with E-state index in [9.17, 15) is 4.39 Å². The molecule has 0 aliphatic heterocycles. The average Bonchev–Trinajstić information content (AvgIpc) is 2.98. The van der Waals surface area contributed by atoms with Crippen LogP contribution in [0.4, 0.5) is 4.39 Å². The third-order valence-corrected chi connectivity index (χ3v) is 4.91. The van der Waals surface area contributed by atoms with Crippen molar-refractivity contribution in [3.63, 3.8) is 0 Å². The third-order valence-electron chi connectivity index (χ3n) is 4.91. The number of aromatic nitrogens is 3. The van der Waals surface area contributed by atoms with Gasteiger partial charge in [0.25, 0.3) is 0 Å². The van der Waals surface area contributed by atoms with E-state index < -0.39 is 0 Å². The fourth-order valence-corrected chi connectivity index (χ4v) is 3.15. The van der Waals surface area contributed by atoms with Crippen LogP contribution in [0.1, 0.15) is 49.3 Å². The third kappa shape index (κ3) is 4.80. The number of aryl methyl sites for hydroxylation is 1. The summed E-state index contributed by atoms with van der Waals surface area (Å²) in [5.74, 6) is 2.18. The number of benzene rings is 1. The predicted octanol–water partition coefficient (Wildman–Crippen LogP) is 2.83. The second kappa shape index (κ2) is 8.78. The van der Waals surface area contributed by atoms with Crippen LogP contribution >= 0.6 is 0 Å². The van der Waals surface area contributed by atoms with Crippen molar-refractivity contribution in [1.29, 1.82) is 0 Å². The van der Waals surface area contributed by atoms with Crippen molar-refractivity contribution in [3.8, 4) is 0 Å². The molecule has 1 fully saturated rings. The average molecular weight is 358 g/mol. The number of guanidine groups is 1. The van der Waals surface area contributed by atoms with E-state index in [1.165, 1.54) is 25.3 Å². The number of nitrogens with zero attached hydrogens (tertiary/aromatic N) is 4. The van der Waals surface area contributed by atoms with Gasteiger partial charge >= 0.3 is 0 Å². The van der Waals surface area contributed by atoms with Gasteiger partial charge in [-0.1, -0.05) is 37.5 Å². The van der Waals surface area contributed by atoms with Crippen LogP contribution in [0.15, 0.2) is 29.3 Å². The maximum Gasteiger partial charge on any atom is 0.192 e. The van der Waals surface area contributed by atoms with E-state index in [1.54, 1.807) is 12.1 Å². The van der Waals surface area contributed by atoms with Crippen molar-refractivity contribution < 1.29 is 4.39 Å². The van der Waals surface area contributed by atoms with Crippen molar-refractivity contribution in [1.82, 2.24) is 25.4 Å². The first-order valence-electron chi connectivity index (χ1n) is 9.26. The molecule has 0 saturated heterocycles. The molecule has 3 rings (SSSR count). The van der Waals surface area contributed by atoms with Crippen molar-refractivity contribution >= 4 is 5.96 Å². The molecule has 1 aromatic heterocycles. The fourth-order valence-electron chi connectivity index (χ4n) is 3.15. The van der Waals surface area contributed by atoms with Crippen molar-refractivity contribution in [2.24, 2.45) is 12.0 Å². The fraction of sp³-hybridized carbons (Fsp3) is 0.526. The zero-order valence-corrected chi connectivity index (χ0v) is 15.5. The zero-order chi connectivity index (χ0) is 18.4. The van der Waals surface area contributed by atoms with Gasteiger partial charge in [-0.05, 0) is 25.8 Å². The van der Waals surface area contributed by atoms with Gasteiger partial charge in [-0.15, -0.1) is 10.2 Å². The van der Waals surface area contributed by atoms with Crippen LogP contribution in [-0.2, 0) is 20.1 Å². The minimum absolute atomic E-state index is 0.225. The summed E-state index contributed by atoms with van der Waals surface area (Å²) in [6, 6.07) is 7.17. The quantitative estimate of drug-likeness (QED) is 0.637. The summed E-state index contributed by atoms with van der Waals surface area (Å²) in [7, 11) is 1.94. The lowest BCUT2D eigenvalue weighted by atomic mass is 9.96. The van der Waals surface area contributed by atoms with Crippen molar-refractivity contribution in [2.45, 2.75) is 58.2 Å². The summed E-state index contributed by atoms with van der Waals surface area (Å²) >= 11 is 0. The van der Waals surface area contributed by atoms with Gasteiger partial charge < -0.3 is 15.2 Å². The molecule has 1 aliphatic carbocycles. The highest BCUT2D eigenvalue weighted by molar-refractivity contribution is 5.80. The molecule has 0 radical (unpaired) electrons. The molecule has 2 N–H and O–H groups in total. The minimum atomic E-state index is -0.225. The molecule has 1 heterocycles. The van der Waals surface area contributed by atoms with E-state index in [-0.39, 0.29) is 5.82 Å². The number of hydrogen-bond donors (Lipinski definition) is 2. The summed E-state index contributed by atoms with van der Waals surface area (Å²) in [5, 5.41) is 15.1. The number of aliphatic imine (C=N–C) groups is 1. The molecule has 0 atom stereocenters. The van der Waals surface area contributed by atoms with Gasteiger partial charge in [-0.25, -0.2) is 9.38 Å². The van der Waals surface area contributed by atoms with Gasteiger partial charge in [0.2, 0.25) is 0 Å². The lowest BCUT2D eigenvalue weighted by Gasteiger charge is -2.25. The molecule has 1 aromatic carbocycles. The smallest absolute Gasteiger partial charge is 0.192 e. The number of halogens is 1. The summed E-state index contributed by atoms with van der Waals surface area (Å²) < 4.78 is 15.8. The molecule has 0 spiro atoms. The molecule has 140 valence electrons. The maximum atomic E-state index is 13.9. The highest BCUT2D eigenvalue weighted by Crippen LogP contribution is 2.17. The Morgan fingerprint density at radius 1 is 1.23 bits per heavy atom. The normalized spacial score (nSPS) is 15.9. The summed E-state index contributed by atoms with van der Waals surface area (Å²) in [6.45, 7) is 2.74. The van der Waals surface area contributed by atoms with Gasteiger partial charge in [0.05, 0.1) is 13.1 Å². The lowest BCUT2D eigenvalue weighted by molar-refractivity contribution is 0.409. The monoisotopic (exact) mass is 358 g/mol.